The first-order valence-electron chi connectivity index (χ1n) is 4.79. The topological polar surface area (TPSA) is 91.1 Å². The number of furan rings is 1. The second-order valence-corrected chi connectivity index (χ2v) is 3.12. The van der Waals surface area contributed by atoms with Crippen LogP contribution in [0.25, 0.3) is 11.5 Å². The highest BCUT2D eigenvalue weighted by molar-refractivity contribution is 5.93. The molecule has 0 bridgehead atoms. The van der Waals surface area contributed by atoms with Gasteiger partial charge in [-0.3, -0.25) is 9.89 Å². The Hall–Kier alpha value is -2.08. The average molecular weight is 221 g/mol. The van der Waals surface area contributed by atoms with E-state index < -0.39 is 0 Å². The SMILES string of the molecule is O=C(NCCO)c1cc(-c2ccco2)[nH]n1. The predicted molar refractivity (Wildman–Crippen MR) is 55.7 cm³/mol. The minimum Gasteiger partial charge on any atom is -0.463 e. The van der Waals surface area contributed by atoms with E-state index >= 15 is 0 Å². The molecular formula is C10H11N3O3. The van der Waals surface area contributed by atoms with Crippen LogP contribution in [0.3, 0.4) is 0 Å². The molecule has 2 heterocycles. The highest BCUT2D eigenvalue weighted by Gasteiger charge is 2.11. The molecule has 16 heavy (non-hydrogen) atoms. The number of hydrogen-bond acceptors (Lipinski definition) is 4. The van der Waals surface area contributed by atoms with E-state index in [4.69, 9.17) is 9.52 Å². The Morgan fingerprint density at radius 2 is 2.50 bits per heavy atom. The van der Waals surface area contributed by atoms with Gasteiger partial charge in [-0.05, 0) is 12.1 Å². The number of amides is 1. The molecular weight excluding hydrogens is 210 g/mol. The number of aromatic nitrogens is 2. The van der Waals surface area contributed by atoms with Crippen molar-refractivity contribution in [2.75, 3.05) is 13.2 Å². The molecule has 2 aromatic rings. The van der Waals surface area contributed by atoms with E-state index in [0.717, 1.165) is 0 Å². The third kappa shape index (κ3) is 2.12. The number of hydrogen-bond donors (Lipinski definition) is 3. The second-order valence-electron chi connectivity index (χ2n) is 3.12. The lowest BCUT2D eigenvalue weighted by atomic mass is 10.3. The predicted octanol–water partition coefficient (Wildman–Crippen LogP) is 0.392. The zero-order valence-corrected chi connectivity index (χ0v) is 8.43. The van der Waals surface area contributed by atoms with Crippen molar-refractivity contribution in [3.63, 3.8) is 0 Å². The van der Waals surface area contributed by atoms with Gasteiger partial charge in [0.2, 0.25) is 0 Å². The van der Waals surface area contributed by atoms with E-state index in [2.05, 4.69) is 15.5 Å². The fourth-order valence-corrected chi connectivity index (χ4v) is 1.26. The van der Waals surface area contributed by atoms with Crippen LogP contribution in [-0.2, 0) is 0 Å². The highest BCUT2D eigenvalue weighted by Crippen LogP contribution is 2.17. The molecule has 6 nitrogen and oxygen atoms in total. The molecule has 0 aliphatic heterocycles. The molecule has 0 saturated carbocycles. The summed E-state index contributed by atoms with van der Waals surface area (Å²) < 4.78 is 5.15. The van der Waals surface area contributed by atoms with Crippen LogP contribution < -0.4 is 5.32 Å². The Morgan fingerprint density at radius 1 is 1.62 bits per heavy atom. The third-order valence-corrected chi connectivity index (χ3v) is 1.99. The molecule has 3 N–H and O–H groups in total. The Kier molecular flexibility index (Phi) is 3.02. The van der Waals surface area contributed by atoms with Gasteiger partial charge in [0.25, 0.3) is 5.91 Å². The summed E-state index contributed by atoms with van der Waals surface area (Å²) in [5, 5.41) is 17.6. The van der Waals surface area contributed by atoms with Crippen LogP contribution in [0.15, 0.2) is 28.9 Å². The number of aliphatic hydroxyl groups excluding tert-OH is 1. The summed E-state index contributed by atoms with van der Waals surface area (Å²) in [5.74, 6) is 0.289. The van der Waals surface area contributed by atoms with Gasteiger partial charge in [0.1, 0.15) is 5.69 Å². The van der Waals surface area contributed by atoms with Crippen LogP contribution in [-0.4, -0.2) is 34.4 Å². The Labute approximate surface area is 91.3 Å². The van der Waals surface area contributed by atoms with Crippen LogP contribution >= 0.6 is 0 Å². The zero-order chi connectivity index (χ0) is 11.4. The van der Waals surface area contributed by atoms with Crippen LogP contribution in [0.1, 0.15) is 10.5 Å². The molecule has 6 heteroatoms. The quantitative estimate of drug-likeness (QED) is 0.696. The summed E-state index contributed by atoms with van der Waals surface area (Å²) >= 11 is 0. The Morgan fingerprint density at radius 3 is 3.19 bits per heavy atom. The van der Waals surface area contributed by atoms with Crippen molar-refractivity contribution in [3.8, 4) is 11.5 Å². The smallest absolute Gasteiger partial charge is 0.271 e. The van der Waals surface area contributed by atoms with E-state index in [0.29, 0.717) is 11.5 Å². The van der Waals surface area contributed by atoms with Gasteiger partial charge in [0, 0.05) is 12.6 Å². The molecule has 2 aromatic heterocycles. The van der Waals surface area contributed by atoms with Crippen molar-refractivity contribution in [1.29, 1.82) is 0 Å². The highest BCUT2D eigenvalue weighted by atomic mass is 16.3. The molecule has 0 aliphatic rings. The standard InChI is InChI=1S/C10H11N3O3/c14-4-3-11-10(15)8-6-7(12-13-8)9-2-1-5-16-9/h1-2,5-6,14H,3-4H2,(H,11,15)(H,12,13). The van der Waals surface area contributed by atoms with Crippen molar-refractivity contribution in [1.82, 2.24) is 15.5 Å². The van der Waals surface area contributed by atoms with Gasteiger partial charge in [-0.15, -0.1) is 0 Å². The number of carbonyl (C=O) groups is 1. The van der Waals surface area contributed by atoms with E-state index in [1.54, 1.807) is 24.5 Å². The van der Waals surface area contributed by atoms with Gasteiger partial charge in [-0.25, -0.2) is 0 Å². The lowest BCUT2D eigenvalue weighted by molar-refractivity contribution is 0.0940. The van der Waals surface area contributed by atoms with E-state index in [9.17, 15) is 4.79 Å². The van der Waals surface area contributed by atoms with Gasteiger partial charge in [-0.1, -0.05) is 0 Å². The van der Waals surface area contributed by atoms with Crippen molar-refractivity contribution < 1.29 is 14.3 Å². The van der Waals surface area contributed by atoms with Crippen molar-refractivity contribution in [2.24, 2.45) is 0 Å². The van der Waals surface area contributed by atoms with Crippen LogP contribution in [0, 0.1) is 0 Å². The Bertz CT molecular complexity index is 461. The number of aromatic amines is 1. The first kappa shape index (κ1) is 10.4. The van der Waals surface area contributed by atoms with Crippen LogP contribution in [0.5, 0.6) is 0 Å². The summed E-state index contributed by atoms with van der Waals surface area (Å²) in [4.78, 5) is 11.5. The lowest BCUT2D eigenvalue weighted by Gasteiger charge is -1.97. The summed E-state index contributed by atoms with van der Waals surface area (Å²) in [7, 11) is 0. The van der Waals surface area contributed by atoms with Crippen LogP contribution in [0.4, 0.5) is 0 Å². The number of nitrogens with zero attached hydrogens (tertiary/aromatic N) is 1. The lowest BCUT2D eigenvalue weighted by Crippen LogP contribution is -2.26. The molecule has 0 radical (unpaired) electrons. The molecule has 0 spiro atoms. The maximum absolute atomic E-state index is 11.5. The van der Waals surface area contributed by atoms with Gasteiger partial charge in [0.05, 0.1) is 12.9 Å². The first-order chi connectivity index (χ1) is 7.81. The van der Waals surface area contributed by atoms with E-state index in [1.807, 2.05) is 0 Å². The van der Waals surface area contributed by atoms with Gasteiger partial charge in [-0.2, -0.15) is 5.10 Å². The third-order valence-electron chi connectivity index (χ3n) is 1.99. The van der Waals surface area contributed by atoms with E-state index in [1.165, 1.54) is 0 Å². The van der Waals surface area contributed by atoms with Gasteiger partial charge in [0.15, 0.2) is 11.5 Å². The summed E-state index contributed by atoms with van der Waals surface area (Å²) in [6, 6.07) is 5.11. The molecule has 84 valence electrons. The summed E-state index contributed by atoms with van der Waals surface area (Å²) in [6.45, 7) is 0.114. The number of nitrogens with one attached hydrogen (secondary N) is 2. The maximum Gasteiger partial charge on any atom is 0.271 e. The molecule has 1 amide bonds. The average Bonchev–Trinajstić information content (AvgIpc) is 2.94. The molecule has 0 fully saturated rings. The minimum absolute atomic E-state index is 0.0960. The fraction of sp³-hybridized carbons (Fsp3) is 0.200. The largest absolute Gasteiger partial charge is 0.463 e. The molecule has 0 aliphatic carbocycles. The van der Waals surface area contributed by atoms with Gasteiger partial charge < -0.3 is 14.8 Å². The molecule has 0 aromatic carbocycles. The number of rotatable bonds is 4. The number of carbonyl (C=O) groups excluding carboxylic acids is 1. The Balaban J connectivity index is 2.11. The molecule has 0 saturated heterocycles. The fourth-order valence-electron chi connectivity index (χ4n) is 1.26. The zero-order valence-electron chi connectivity index (χ0n) is 8.43. The monoisotopic (exact) mass is 221 g/mol. The van der Waals surface area contributed by atoms with Crippen LogP contribution in [0.2, 0.25) is 0 Å². The first-order valence-corrected chi connectivity index (χ1v) is 4.79. The second kappa shape index (κ2) is 4.63. The van der Waals surface area contributed by atoms with Crippen molar-refractivity contribution >= 4 is 5.91 Å². The van der Waals surface area contributed by atoms with E-state index in [-0.39, 0.29) is 24.8 Å². The number of H-pyrrole nitrogens is 1. The number of aliphatic hydroxyl groups is 1. The summed E-state index contributed by atoms with van der Waals surface area (Å²) in [5.41, 5.74) is 0.902. The summed E-state index contributed by atoms with van der Waals surface area (Å²) in [6.07, 6.45) is 1.54. The van der Waals surface area contributed by atoms with Gasteiger partial charge >= 0.3 is 0 Å². The molecule has 0 unspecified atom stereocenters. The molecule has 0 atom stereocenters. The maximum atomic E-state index is 11.5. The van der Waals surface area contributed by atoms with Crippen molar-refractivity contribution in [2.45, 2.75) is 0 Å². The minimum atomic E-state index is -0.330. The van der Waals surface area contributed by atoms with Crippen molar-refractivity contribution in [3.05, 3.63) is 30.2 Å². The normalized spacial score (nSPS) is 10.3. The molecule has 2 rings (SSSR count).